The van der Waals surface area contributed by atoms with Gasteiger partial charge in [-0.05, 0) is 37.7 Å². The van der Waals surface area contributed by atoms with Gasteiger partial charge in [0, 0.05) is 19.3 Å². The lowest BCUT2D eigenvalue weighted by Gasteiger charge is -2.16. The van der Waals surface area contributed by atoms with Crippen LogP contribution in [0.4, 0.5) is 11.6 Å². The number of hydrogen-bond donors (Lipinski definition) is 1. The van der Waals surface area contributed by atoms with Gasteiger partial charge in [-0.1, -0.05) is 13.8 Å². The zero-order chi connectivity index (χ0) is 19.9. The van der Waals surface area contributed by atoms with Crippen molar-refractivity contribution in [2.45, 2.75) is 33.9 Å². The zero-order valence-electron chi connectivity index (χ0n) is 16.4. The van der Waals surface area contributed by atoms with E-state index >= 15 is 0 Å². The van der Waals surface area contributed by atoms with Crippen LogP contribution in [0.3, 0.4) is 0 Å². The Hall–Kier alpha value is -2.36. The Bertz CT molecular complexity index is 897. The highest BCUT2D eigenvalue weighted by Gasteiger charge is 2.20. The van der Waals surface area contributed by atoms with Gasteiger partial charge in [0.25, 0.3) is 0 Å². The molecule has 0 atom stereocenters. The normalized spacial score (nSPS) is 11.5. The Balaban J connectivity index is 2.07. The fraction of sp³-hybridized carbons (Fsp3) is 0.500. The molecule has 0 aliphatic heterocycles. The first-order valence-electron chi connectivity index (χ1n) is 9.42. The topological polar surface area (TPSA) is 93.9 Å². The summed E-state index contributed by atoms with van der Waals surface area (Å²) >= 11 is 6.23. The Labute approximate surface area is 169 Å². The predicted molar refractivity (Wildman–Crippen MR) is 109 cm³/mol. The zero-order valence-corrected chi connectivity index (χ0v) is 17.1. The molecule has 0 unspecified atom stereocenters. The molecule has 3 heterocycles. The van der Waals surface area contributed by atoms with Gasteiger partial charge in [-0.15, -0.1) is 0 Å². The van der Waals surface area contributed by atoms with Gasteiger partial charge >= 0.3 is 0 Å². The molecular formula is C18H25ClN8O. The van der Waals surface area contributed by atoms with Gasteiger partial charge in [0.05, 0.1) is 13.2 Å². The van der Waals surface area contributed by atoms with Crippen molar-refractivity contribution in [1.82, 2.24) is 34.6 Å². The van der Waals surface area contributed by atoms with Gasteiger partial charge in [0.1, 0.15) is 28.9 Å². The van der Waals surface area contributed by atoms with Crippen molar-refractivity contribution in [1.29, 1.82) is 0 Å². The molecule has 150 valence electrons. The predicted octanol–water partition coefficient (Wildman–Crippen LogP) is 2.89. The molecule has 3 aromatic rings. The number of hydrogen-bond acceptors (Lipinski definition) is 8. The summed E-state index contributed by atoms with van der Waals surface area (Å²) in [4.78, 5) is 19.3. The van der Waals surface area contributed by atoms with E-state index in [1.807, 2.05) is 11.6 Å². The van der Waals surface area contributed by atoms with Crippen molar-refractivity contribution in [3.63, 3.8) is 0 Å². The summed E-state index contributed by atoms with van der Waals surface area (Å²) in [5, 5.41) is 8.17. The van der Waals surface area contributed by atoms with Gasteiger partial charge in [-0.25, -0.2) is 15.0 Å². The number of ether oxygens (including phenoxy) is 1. The average Bonchev–Trinajstić information content (AvgIpc) is 3.04. The number of halogens is 1. The maximum absolute atomic E-state index is 6.23. The Kier molecular flexibility index (Phi) is 7.07. The third-order valence-corrected chi connectivity index (χ3v) is 4.55. The highest BCUT2D eigenvalue weighted by atomic mass is 35.5. The van der Waals surface area contributed by atoms with Crippen molar-refractivity contribution in [3.05, 3.63) is 29.6 Å². The quantitative estimate of drug-likeness (QED) is 0.407. The number of fused-ring (bicyclic) bond motifs is 1. The van der Waals surface area contributed by atoms with Crippen LogP contribution in [0.1, 0.15) is 26.5 Å². The molecule has 0 amide bonds. The van der Waals surface area contributed by atoms with Crippen molar-refractivity contribution in [3.8, 4) is 0 Å². The minimum atomic E-state index is 0.161. The molecule has 9 nitrogen and oxygen atoms in total. The molecule has 0 fully saturated rings. The molecule has 0 aliphatic carbocycles. The van der Waals surface area contributed by atoms with Crippen LogP contribution in [0.15, 0.2) is 18.6 Å². The minimum absolute atomic E-state index is 0.161. The third kappa shape index (κ3) is 4.73. The SMILES string of the molecule is CCOCCn1nc(CN(CC)CC)c2nc(Cl)nc(Nc3ccncn3)c21. The van der Waals surface area contributed by atoms with Crippen LogP contribution in [-0.4, -0.2) is 60.9 Å². The summed E-state index contributed by atoms with van der Waals surface area (Å²) in [6.07, 6.45) is 3.13. The maximum atomic E-state index is 6.23. The molecule has 0 spiro atoms. The largest absolute Gasteiger partial charge is 0.380 e. The van der Waals surface area contributed by atoms with Crippen LogP contribution < -0.4 is 5.32 Å². The van der Waals surface area contributed by atoms with E-state index in [0.29, 0.717) is 37.9 Å². The summed E-state index contributed by atoms with van der Waals surface area (Å²) in [5.74, 6) is 1.18. The second kappa shape index (κ2) is 9.72. The van der Waals surface area contributed by atoms with Crippen LogP contribution in [0.5, 0.6) is 0 Å². The first-order chi connectivity index (χ1) is 13.7. The van der Waals surface area contributed by atoms with E-state index in [1.54, 1.807) is 12.3 Å². The third-order valence-electron chi connectivity index (χ3n) is 4.38. The summed E-state index contributed by atoms with van der Waals surface area (Å²) in [6, 6.07) is 1.76. The standard InChI is InChI=1S/C18H25ClN8O/c1-4-26(5-2)11-13-15-16(27(25-13)9-10-28-6-3)17(24-18(19)23-15)22-14-7-8-20-12-21-14/h7-8,12H,4-6,9-11H2,1-3H3,(H,20,21,22,23,24). The summed E-state index contributed by atoms with van der Waals surface area (Å²) < 4.78 is 7.40. The molecule has 0 radical (unpaired) electrons. The second-order valence-corrected chi connectivity index (χ2v) is 6.42. The van der Waals surface area contributed by atoms with Gasteiger partial charge in [0.2, 0.25) is 5.28 Å². The van der Waals surface area contributed by atoms with Crippen molar-refractivity contribution < 1.29 is 4.74 Å². The van der Waals surface area contributed by atoms with Crippen LogP contribution >= 0.6 is 11.6 Å². The summed E-state index contributed by atoms with van der Waals surface area (Å²) in [7, 11) is 0. The highest BCUT2D eigenvalue weighted by Crippen LogP contribution is 2.27. The fourth-order valence-electron chi connectivity index (χ4n) is 2.91. The van der Waals surface area contributed by atoms with E-state index in [0.717, 1.165) is 29.8 Å². The molecule has 10 heteroatoms. The summed E-state index contributed by atoms with van der Waals surface area (Å²) in [5.41, 5.74) is 2.38. The monoisotopic (exact) mass is 404 g/mol. The molecule has 0 saturated heterocycles. The summed E-state index contributed by atoms with van der Waals surface area (Å²) in [6.45, 7) is 10.6. The lowest BCUT2D eigenvalue weighted by Crippen LogP contribution is -2.22. The van der Waals surface area contributed by atoms with Crippen molar-refractivity contribution in [2.24, 2.45) is 0 Å². The lowest BCUT2D eigenvalue weighted by atomic mass is 10.3. The smallest absolute Gasteiger partial charge is 0.225 e. The maximum Gasteiger partial charge on any atom is 0.225 e. The molecule has 1 N–H and O–H groups in total. The van der Waals surface area contributed by atoms with Crippen LogP contribution in [0, 0.1) is 0 Å². The molecule has 3 rings (SSSR count). The first-order valence-corrected chi connectivity index (χ1v) is 9.80. The number of anilines is 2. The second-order valence-electron chi connectivity index (χ2n) is 6.09. The Morgan fingerprint density at radius 2 is 2.04 bits per heavy atom. The van der Waals surface area contributed by atoms with Gasteiger partial charge in [-0.3, -0.25) is 9.58 Å². The van der Waals surface area contributed by atoms with Crippen LogP contribution in [0.2, 0.25) is 5.28 Å². The lowest BCUT2D eigenvalue weighted by molar-refractivity contribution is 0.137. The molecular weight excluding hydrogens is 380 g/mol. The molecule has 0 aliphatic rings. The molecule has 0 bridgehead atoms. The number of rotatable bonds is 10. The fourth-order valence-corrected chi connectivity index (χ4v) is 3.08. The van der Waals surface area contributed by atoms with Gasteiger partial charge < -0.3 is 10.1 Å². The molecule has 0 saturated carbocycles. The van der Waals surface area contributed by atoms with E-state index in [-0.39, 0.29) is 5.28 Å². The highest BCUT2D eigenvalue weighted by molar-refractivity contribution is 6.28. The Morgan fingerprint density at radius 3 is 2.71 bits per heavy atom. The van der Waals surface area contributed by atoms with Crippen molar-refractivity contribution >= 4 is 34.3 Å². The minimum Gasteiger partial charge on any atom is -0.380 e. The van der Waals surface area contributed by atoms with E-state index in [1.165, 1.54) is 6.33 Å². The van der Waals surface area contributed by atoms with Crippen molar-refractivity contribution in [2.75, 3.05) is 31.6 Å². The first kappa shape index (κ1) is 20.4. The van der Waals surface area contributed by atoms with Gasteiger partial charge in [-0.2, -0.15) is 10.1 Å². The number of nitrogens with one attached hydrogen (secondary N) is 1. The van der Waals surface area contributed by atoms with E-state index in [2.05, 4.69) is 44.0 Å². The average molecular weight is 405 g/mol. The van der Waals surface area contributed by atoms with E-state index in [9.17, 15) is 0 Å². The van der Waals surface area contributed by atoms with Gasteiger partial charge in [0.15, 0.2) is 5.82 Å². The van der Waals surface area contributed by atoms with E-state index in [4.69, 9.17) is 21.4 Å². The molecule has 0 aromatic carbocycles. The molecule has 3 aromatic heterocycles. The van der Waals surface area contributed by atoms with E-state index < -0.39 is 0 Å². The number of nitrogens with zero attached hydrogens (tertiary/aromatic N) is 7. The molecule has 28 heavy (non-hydrogen) atoms. The number of aromatic nitrogens is 6. The van der Waals surface area contributed by atoms with Crippen LogP contribution in [-0.2, 0) is 17.8 Å². The Morgan fingerprint density at radius 1 is 1.21 bits per heavy atom. The van der Waals surface area contributed by atoms with Crippen LogP contribution in [0.25, 0.3) is 11.0 Å².